The van der Waals surface area contributed by atoms with E-state index in [2.05, 4.69) is 20.1 Å². The molecule has 0 unspecified atom stereocenters. The van der Waals surface area contributed by atoms with Gasteiger partial charge in [0, 0.05) is 49.7 Å². The number of anilines is 1. The van der Waals surface area contributed by atoms with Gasteiger partial charge >= 0.3 is 0 Å². The fourth-order valence-corrected chi connectivity index (χ4v) is 3.25. The van der Waals surface area contributed by atoms with Gasteiger partial charge in [0.2, 0.25) is 0 Å². The number of hydrogen-bond donors (Lipinski definition) is 0. The van der Waals surface area contributed by atoms with E-state index in [9.17, 15) is 4.79 Å². The summed E-state index contributed by atoms with van der Waals surface area (Å²) in [6.07, 6.45) is 3.48. The van der Waals surface area contributed by atoms with E-state index in [1.807, 2.05) is 47.4 Å². The third kappa shape index (κ3) is 3.78. The van der Waals surface area contributed by atoms with Crippen molar-refractivity contribution in [2.75, 3.05) is 38.2 Å². The molecular formula is C21H21N5O2. The minimum Gasteiger partial charge on any atom is -0.497 e. The number of aromatic nitrogens is 3. The molecule has 1 saturated heterocycles. The molecule has 0 N–H and O–H groups in total. The molecule has 4 rings (SSSR count). The van der Waals surface area contributed by atoms with Crippen molar-refractivity contribution in [2.24, 2.45) is 0 Å². The Hall–Kier alpha value is -3.48. The lowest BCUT2D eigenvalue weighted by Crippen LogP contribution is -2.49. The van der Waals surface area contributed by atoms with Gasteiger partial charge in [0.25, 0.3) is 5.91 Å². The molecule has 0 saturated carbocycles. The number of methoxy groups -OCH3 is 1. The van der Waals surface area contributed by atoms with Gasteiger partial charge in [-0.15, -0.1) is 10.2 Å². The fourth-order valence-electron chi connectivity index (χ4n) is 3.25. The van der Waals surface area contributed by atoms with Crippen LogP contribution in [-0.2, 0) is 0 Å². The second-order valence-corrected chi connectivity index (χ2v) is 6.52. The zero-order chi connectivity index (χ0) is 19.3. The van der Waals surface area contributed by atoms with Crippen molar-refractivity contribution in [1.82, 2.24) is 20.1 Å². The van der Waals surface area contributed by atoms with Crippen molar-refractivity contribution in [3.63, 3.8) is 0 Å². The van der Waals surface area contributed by atoms with Crippen LogP contribution in [0.1, 0.15) is 10.4 Å². The number of amides is 1. The van der Waals surface area contributed by atoms with Crippen LogP contribution in [0.3, 0.4) is 0 Å². The molecule has 0 atom stereocenters. The van der Waals surface area contributed by atoms with Crippen LogP contribution < -0.4 is 9.64 Å². The molecule has 0 aliphatic carbocycles. The SMILES string of the molecule is COc1cccc(C(=O)N2CCN(c3ccc(-c4ccncc4)nn3)CC2)c1. The van der Waals surface area contributed by atoms with Gasteiger partial charge in [-0.1, -0.05) is 6.07 Å². The number of nitrogens with zero attached hydrogens (tertiary/aromatic N) is 5. The molecule has 1 fully saturated rings. The first-order valence-corrected chi connectivity index (χ1v) is 9.17. The van der Waals surface area contributed by atoms with Gasteiger partial charge in [-0.25, -0.2) is 0 Å². The van der Waals surface area contributed by atoms with Crippen LogP contribution in [0.4, 0.5) is 5.82 Å². The van der Waals surface area contributed by atoms with Crippen LogP contribution >= 0.6 is 0 Å². The summed E-state index contributed by atoms with van der Waals surface area (Å²) in [7, 11) is 1.60. The van der Waals surface area contributed by atoms with E-state index in [0.717, 1.165) is 30.2 Å². The highest BCUT2D eigenvalue weighted by molar-refractivity contribution is 5.94. The highest BCUT2D eigenvalue weighted by Gasteiger charge is 2.23. The second-order valence-electron chi connectivity index (χ2n) is 6.52. The Morgan fingerprint density at radius 3 is 2.43 bits per heavy atom. The van der Waals surface area contributed by atoms with E-state index < -0.39 is 0 Å². The van der Waals surface area contributed by atoms with E-state index in [0.29, 0.717) is 24.4 Å². The van der Waals surface area contributed by atoms with Crippen LogP contribution in [-0.4, -0.2) is 59.3 Å². The number of piperazine rings is 1. The van der Waals surface area contributed by atoms with Crippen molar-refractivity contribution in [1.29, 1.82) is 0 Å². The summed E-state index contributed by atoms with van der Waals surface area (Å²) in [6, 6.07) is 15.0. The summed E-state index contributed by atoms with van der Waals surface area (Å²) >= 11 is 0. The van der Waals surface area contributed by atoms with Crippen LogP contribution in [0, 0.1) is 0 Å². The molecule has 0 spiro atoms. The lowest BCUT2D eigenvalue weighted by Gasteiger charge is -2.35. The highest BCUT2D eigenvalue weighted by atomic mass is 16.5. The maximum absolute atomic E-state index is 12.7. The smallest absolute Gasteiger partial charge is 0.254 e. The maximum Gasteiger partial charge on any atom is 0.254 e. The molecule has 0 bridgehead atoms. The van der Waals surface area contributed by atoms with Crippen LogP contribution in [0.15, 0.2) is 60.9 Å². The predicted octanol–water partition coefficient (Wildman–Crippen LogP) is 2.51. The Balaban J connectivity index is 1.39. The maximum atomic E-state index is 12.7. The van der Waals surface area contributed by atoms with E-state index >= 15 is 0 Å². The van der Waals surface area contributed by atoms with Gasteiger partial charge in [-0.05, 0) is 42.5 Å². The van der Waals surface area contributed by atoms with E-state index in [1.165, 1.54) is 0 Å². The van der Waals surface area contributed by atoms with E-state index in [-0.39, 0.29) is 5.91 Å². The fraction of sp³-hybridized carbons (Fsp3) is 0.238. The second kappa shape index (κ2) is 8.04. The summed E-state index contributed by atoms with van der Waals surface area (Å²) < 4.78 is 5.21. The van der Waals surface area contributed by atoms with Crippen LogP contribution in [0.25, 0.3) is 11.3 Å². The summed E-state index contributed by atoms with van der Waals surface area (Å²) in [6.45, 7) is 2.73. The number of benzene rings is 1. The van der Waals surface area contributed by atoms with Crippen molar-refractivity contribution < 1.29 is 9.53 Å². The van der Waals surface area contributed by atoms with Gasteiger partial charge < -0.3 is 14.5 Å². The Bertz CT molecular complexity index is 939. The molecule has 7 heteroatoms. The van der Waals surface area contributed by atoms with E-state index in [4.69, 9.17) is 4.74 Å². The lowest BCUT2D eigenvalue weighted by molar-refractivity contribution is 0.0746. The van der Waals surface area contributed by atoms with E-state index in [1.54, 1.807) is 25.6 Å². The standard InChI is InChI=1S/C21H21N5O2/c1-28-18-4-2-3-17(15-18)21(27)26-13-11-25(12-14-26)20-6-5-19(23-24-20)16-7-9-22-10-8-16/h2-10,15H,11-14H2,1H3. The topological polar surface area (TPSA) is 71.5 Å². The molecule has 1 aliphatic rings. The van der Waals surface area contributed by atoms with Crippen molar-refractivity contribution in [3.8, 4) is 17.0 Å². The zero-order valence-electron chi connectivity index (χ0n) is 15.7. The molecular weight excluding hydrogens is 354 g/mol. The Labute approximate surface area is 163 Å². The van der Waals surface area contributed by atoms with Crippen LogP contribution in [0.5, 0.6) is 5.75 Å². The third-order valence-corrected chi connectivity index (χ3v) is 4.83. The minimum atomic E-state index is 0.0256. The van der Waals surface area contributed by atoms with Gasteiger partial charge in [0.1, 0.15) is 5.75 Å². The summed E-state index contributed by atoms with van der Waals surface area (Å²) in [4.78, 5) is 20.8. The number of ether oxygens (including phenoxy) is 1. The first-order chi connectivity index (χ1) is 13.7. The van der Waals surface area contributed by atoms with Crippen molar-refractivity contribution >= 4 is 11.7 Å². The molecule has 142 valence electrons. The normalized spacial score (nSPS) is 14.0. The number of pyridine rings is 1. The largest absolute Gasteiger partial charge is 0.497 e. The molecule has 28 heavy (non-hydrogen) atoms. The summed E-state index contributed by atoms with van der Waals surface area (Å²) in [5.74, 6) is 1.54. The molecule has 1 aromatic carbocycles. The predicted molar refractivity (Wildman–Crippen MR) is 106 cm³/mol. The first kappa shape index (κ1) is 17.9. The van der Waals surface area contributed by atoms with Gasteiger partial charge in [0.05, 0.1) is 12.8 Å². The van der Waals surface area contributed by atoms with Gasteiger partial charge in [-0.3, -0.25) is 9.78 Å². The zero-order valence-corrected chi connectivity index (χ0v) is 15.7. The van der Waals surface area contributed by atoms with Crippen molar-refractivity contribution in [2.45, 2.75) is 0 Å². The third-order valence-electron chi connectivity index (χ3n) is 4.83. The number of carbonyl (C=O) groups excluding carboxylic acids is 1. The molecule has 3 heterocycles. The number of rotatable bonds is 4. The monoisotopic (exact) mass is 375 g/mol. The molecule has 3 aromatic rings. The van der Waals surface area contributed by atoms with Gasteiger partial charge in [-0.2, -0.15) is 0 Å². The van der Waals surface area contributed by atoms with Gasteiger partial charge in [0.15, 0.2) is 5.82 Å². The van der Waals surface area contributed by atoms with Crippen LogP contribution in [0.2, 0.25) is 0 Å². The summed E-state index contributed by atoms with van der Waals surface area (Å²) in [5.41, 5.74) is 2.45. The average Bonchev–Trinajstić information content (AvgIpc) is 2.79. The first-order valence-electron chi connectivity index (χ1n) is 9.17. The lowest BCUT2D eigenvalue weighted by atomic mass is 10.1. The number of carbonyl (C=O) groups is 1. The molecule has 2 aromatic heterocycles. The highest BCUT2D eigenvalue weighted by Crippen LogP contribution is 2.20. The average molecular weight is 375 g/mol. The Morgan fingerprint density at radius 2 is 1.75 bits per heavy atom. The van der Waals surface area contributed by atoms with Crippen molar-refractivity contribution in [3.05, 3.63) is 66.5 Å². The molecule has 1 aliphatic heterocycles. The number of hydrogen-bond acceptors (Lipinski definition) is 6. The molecule has 7 nitrogen and oxygen atoms in total. The molecule has 0 radical (unpaired) electrons. The Morgan fingerprint density at radius 1 is 0.964 bits per heavy atom. The minimum absolute atomic E-state index is 0.0256. The molecule has 1 amide bonds. The quantitative estimate of drug-likeness (QED) is 0.698. The Kier molecular flexibility index (Phi) is 5.14. The summed E-state index contributed by atoms with van der Waals surface area (Å²) in [5, 5.41) is 8.70.